The molecule has 4 heteroatoms. The van der Waals surface area contributed by atoms with E-state index in [2.05, 4.69) is 6.92 Å². The summed E-state index contributed by atoms with van der Waals surface area (Å²) in [5.41, 5.74) is 3.13. The van der Waals surface area contributed by atoms with Gasteiger partial charge in [-0.05, 0) is 78.8 Å². The second kappa shape index (κ2) is 7.94. The molecule has 2 aliphatic rings. The SMILES string of the molecule is C[C@@H]1CC[C@@H](Oc2ccc(CC(=O)O)cc2-c2cccc(F)c2C2CCC2)C1. The van der Waals surface area contributed by atoms with Crippen LogP contribution in [0.1, 0.15) is 62.5 Å². The summed E-state index contributed by atoms with van der Waals surface area (Å²) in [6.45, 7) is 2.24. The van der Waals surface area contributed by atoms with E-state index in [9.17, 15) is 14.3 Å². The van der Waals surface area contributed by atoms with Crippen LogP contribution in [0.4, 0.5) is 4.39 Å². The summed E-state index contributed by atoms with van der Waals surface area (Å²) < 4.78 is 21.1. The Bertz CT molecular complexity index is 872. The average molecular weight is 382 g/mol. The maximum absolute atomic E-state index is 14.8. The molecule has 3 nitrogen and oxygen atoms in total. The standard InChI is InChI=1S/C24H27FO3/c1-15-8-10-18(12-15)28-22-11-9-16(14-23(26)27)13-20(22)19-6-3-7-21(25)24(19)17-4-2-5-17/h3,6-7,9,11,13,15,17-18H,2,4-5,8,10,12,14H2,1H3,(H,26,27)/t15-,18-/m1/s1. The number of ether oxygens (including phenoxy) is 1. The quantitative estimate of drug-likeness (QED) is 0.671. The Hall–Kier alpha value is -2.36. The van der Waals surface area contributed by atoms with Gasteiger partial charge in [0.1, 0.15) is 11.6 Å². The Kier molecular flexibility index (Phi) is 5.38. The number of hydrogen-bond donors (Lipinski definition) is 1. The van der Waals surface area contributed by atoms with Crippen molar-refractivity contribution in [2.75, 3.05) is 0 Å². The predicted octanol–water partition coefficient (Wildman–Crippen LogP) is 5.95. The predicted molar refractivity (Wildman–Crippen MR) is 107 cm³/mol. The number of carbonyl (C=O) groups is 1. The molecule has 0 radical (unpaired) electrons. The first-order valence-corrected chi connectivity index (χ1v) is 10.3. The minimum absolute atomic E-state index is 0.0537. The van der Waals surface area contributed by atoms with Crippen molar-refractivity contribution in [2.24, 2.45) is 5.92 Å². The largest absolute Gasteiger partial charge is 0.490 e. The average Bonchev–Trinajstić information content (AvgIpc) is 3.01. The second-order valence-electron chi connectivity index (χ2n) is 8.39. The third-order valence-electron chi connectivity index (χ3n) is 6.20. The van der Waals surface area contributed by atoms with Crippen LogP contribution in [0, 0.1) is 11.7 Å². The molecule has 1 N–H and O–H groups in total. The monoisotopic (exact) mass is 382 g/mol. The molecule has 0 aliphatic heterocycles. The van der Waals surface area contributed by atoms with Crippen LogP contribution in [0.2, 0.25) is 0 Å². The minimum atomic E-state index is -0.873. The zero-order valence-corrected chi connectivity index (χ0v) is 16.3. The van der Waals surface area contributed by atoms with Crippen molar-refractivity contribution in [3.8, 4) is 16.9 Å². The van der Waals surface area contributed by atoms with E-state index in [0.29, 0.717) is 11.5 Å². The van der Waals surface area contributed by atoms with Crippen molar-refractivity contribution in [2.45, 2.75) is 63.9 Å². The van der Waals surface area contributed by atoms with Crippen LogP contribution in [0.5, 0.6) is 5.75 Å². The summed E-state index contributed by atoms with van der Waals surface area (Å²) in [7, 11) is 0. The molecule has 2 saturated carbocycles. The third kappa shape index (κ3) is 3.91. The smallest absolute Gasteiger partial charge is 0.307 e. The Morgan fingerprint density at radius 1 is 1.14 bits per heavy atom. The number of rotatable bonds is 6. The zero-order valence-electron chi connectivity index (χ0n) is 16.3. The van der Waals surface area contributed by atoms with Crippen LogP contribution < -0.4 is 4.74 Å². The van der Waals surface area contributed by atoms with Crippen molar-refractivity contribution < 1.29 is 19.0 Å². The Morgan fingerprint density at radius 3 is 2.61 bits per heavy atom. The summed E-state index contributed by atoms with van der Waals surface area (Å²) in [5, 5.41) is 9.20. The first-order chi connectivity index (χ1) is 13.5. The van der Waals surface area contributed by atoms with Gasteiger partial charge in [-0.25, -0.2) is 4.39 Å². The lowest BCUT2D eigenvalue weighted by Crippen LogP contribution is -2.14. The van der Waals surface area contributed by atoms with Crippen molar-refractivity contribution in [1.29, 1.82) is 0 Å². The molecule has 0 spiro atoms. The van der Waals surface area contributed by atoms with E-state index in [1.54, 1.807) is 6.07 Å². The fourth-order valence-electron chi connectivity index (χ4n) is 4.50. The van der Waals surface area contributed by atoms with E-state index in [0.717, 1.165) is 61.0 Å². The molecule has 2 atom stereocenters. The van der Waals surface area contributed by atoms with Gasteiger partial charge < -0.3 is 9.84 Å². The van der Waals surface area contributed by atoms with Gasteiger partial charge in [0.2, 0.25) is 0 Å². The van der Waals surface area contributed by atoms with Gasteiger partial charge in [-0.1, -0.05) is 31.5 Å². The highest BCUT2D eigenvalue weighted by Crippen LogP contribution is 2.45. The van der Waals surface area contributed by atoms with Gasteiger partial charge in [0.05, 0.1) is 12.5 Å². The van der Waals surface area contributed by atoms with Crippen molar-refractivity contribution in [3.05, 3.63) is 53.3 Å². The number of carboxylic acid groups (broad SMARTS) is 1. The number of aliphatic carboxylic acids is 1. The van der Waals surface area contributed by atoms with E-state index in [-0.39, 0.29) is 24.3 Å². The normalized spacial score (nSPS) is 22.1. The molecule has 2 aliphatic carbocycles. The van der Waals surface area contributed by atoms with Gasteiger partial charge in [-0.2, -0.15) is 0 Å². The fourth-order valence-corrected chi connectivity index (χ4v) is 4.50. The summed E-state index contributed by atoms with van der Waals surface area (Å²) in [6.07, 6.45) is 6.44. The molecule has 2 aromatic carbocycles. The molecule has 0 unspecified atom stereocenters. The lowest BCUT2D eigenvalue weighted by atomic mass is 9.76. The van der Waals surface area contributed by atoms with Gasteiger partial charge in [-0.15, -0.1) is 0 Å². The van der Waals surface area contributed by atoms with E-state index in [4.69, 9.17) is 4.74 Å². The molecule has 2 aromatic rings. The molecule has 0 bridgehead atoms. The van der Waals surface area contributed by atoms with Crippen molar-refractivity contribution in [1.82, 2.24) is 0 Å². The van der Waals surface area contributed by atoms with E-state index >= 15 is 0 Å². The van der Waals surface area contributed by atoms with Crippen LogP contribution in [0.15, 0.2) is 36.4 Å². The highest BCUT2D eigenvalue weighted by atomic mass is 19.1. The lowest BCUT2D eigenvalue weighted by Gasteiger charge is -2.29. The molecule has 2 fully saturated rings. The first-order valence-electron chi connectivity index (χ1n) is 10.3. The summed E-state index contributed by atoms with van der Waals surface area (Å²) in [5.74, 6) is 0.575. The van der Waals surface area contributed by atoms with Crippen molar-refractivity contribution in [3.63, 3.8) is 0 Å². The molecular formula is C24H27FO3. The topological polar surface area (TPSA) is 46.5 Å². The Balaban J connectivity index is 1.77. The molecule has 0 saturated heterocycles. The van der Waals surface area contributed by atoms with Crippen LogP contribution in [0.25, 0.3) is 11.1 Å². The molecule has 0 aromatic heterocycles. The highest BCUT2D eigenvalue weighted by Gasteiger charge is 2.28. The number of hydrogen-bond acceptors (Lipinski definition) is 2. The summed E-state index contributed by atoms with van der Waals surface area (Å²) in [6, 6.07) is 10.8. The molecule has 28 heavy (non-hydrogen) atoms. The maximum atomic E-state index is 14.8. The van der Waals surface area contributed by atoms with Crippen LogP contribution in [-0.2, 0) is 11.2 Å². The van der Waals surface area contributed by atoms with Crippen molar-refractivity contribution >= 4 is 5.97 Å². The number of benzene rings is 2. The van der Waals surface area contributed by atoms with Gasteiger partial charge in [0.25, 0.3) is 0 Å². The molecule has 0 heterocycles. The van der Waals surface area contributed by atoms with E-state index in [1.807, 2.05) is 24.3 Å². The Labute approximate surface area is 165 Å². The van der Waals surface area contributed by atoms with Crippen LogP contribution in [0.3, 0.4) is 0 Å². The summed E-state index contributed by atoms with van der Waals surface area (Å²) in [4.78, 5) is 11.2. The summed E-state index contributed by atoms with van der Waals surface area (Å²) >= 11 is 0. The molecule has 148 valence electrons. The van der Waals surface area contributed by atoms with Gasteiger partial charge in [0.15, 0.2) is 0 Å². The highest BCUT2D eigenvalue weighted by molar-refractivity contribution is 5.77. The van der Waals surface area contributed by atoms with Gasteiger partial charge >= 0.3 is 5.97 Å². The maximum Gasteiger partial charge on any atom is 0.307 e. The zero-order chi connectivity index (χ0) is 19.7. The van der Waals surface area contributed by atoms with Crippen LogP contribution >= 0.6 is 0 Å². The third-order valence-corrected chi connectivity index (χ3v) is 6.20. The van der Waals surface area contributed by atoms with Gasteiger partial charge in [-0.3, -0.25) is 4.79 Å². The first kappa shape index (κ1) is 19.0. The van der Waals surface area contributed by atoms with E-state index in [1.165, 1.54) is 6.07 Å². The number of halogens is 1. The Morgan fingerprint density at radius 2 is 1.96 bits per heavy atom. The van der Waals surface area contributed by atoms with Crippen LogP contribution in [-0.4, -0.2) is 17.2 Å². The minimum Gasteiger partial charge on any atom is -0.490 e. The molecular weight excluding hydrogens is 355 g/mol. The molecule has 0 amide bonds. The number of carboxylic acids is 1. The fraction of sp³-hybridized carbons (Fsp3) is 0.458. The lowest BCUT2D eigenvalue weighted by molar-refractivity contribution is -0.136. The second-order valence-corrected chi connectivity index (χ2v) is 8.39. The van der Waals surface area contributed by atoms with E-state index < -0.39 is 5.97 Å². The molecule has 4 rings (SSSR count). The van der Waals surface area contributed by atoms with Gasteiger partial charge in [0, 0.05) is 5.56 Å².